The first-order valence-corrected chi connectivity index (χ1v) is 10.1. The number of benzene rings is 2. The molecule has 2 aromatic carbocycles. The summed E-state index contributed by atoms with van der Waals surface area (Å²) >= 11 is 5.89. The highest BCUT2D eigenvalue weighted by molar-refractivity contribution is 7.89. The number of halogens is 1. The van der Waals surface area contributed by atoms with E-state index in [2.05, 4.69) is 5.32 Å². The van der Waals surface area contributed by atoms with E-state index in [9.17, 15) is 18.0 Å². The molecule has 0 unspecified atom stereocenters. The molecular weight excluding hydrogens is 378 g/mol. The summed E-state index contributed by atoms with van der Waals surface area (Å²) in [5.41, 5.74) is 2.17. The molecule has 0 radical (unpaired) electrons. The van der Waals surface area contributed by atoms with Crippen LogP contribution in [0.15, 0.2) is 42.5 Å². The Balaban J connectivity index is 1.91. The van der Waals surface area contributed by atoms with E-state index in [4.69, 9.17) is 16.3 Å². The van der Waals surface area contributed by atoms with Crippen molar-refractivity contribution >= 4 is 39.0 Å². The molecule has 1 amide bonds. The Morgan fingerprint density at radius 3 is 2.38 bits per heavy atom. The molecule has 0 fully saturated rings. The molecule has 0 bridgehead atoms. The lowest BCUT2D eigenvalue weighted by Crippen LogP contribution is -2.21. The lowest BCUT2D eigenvalue weighted by molar-refractivity contribution is -0.119. The average Bonchev–Trinajstić information content (AvgIpc) is 2.55. The van der Waals surface area contributed by atoms with Crippen LogP contribution in [0, 0.1) is 6.92 Å². The van der Waals surface area contributed by atoms with E-state index >= 15 is 0 Å². The van der Waals surface area contributed by atoms with E-state index in [1.807, 2.05) is 6.92 Å². The number of amides is 1. The van der Waals surface area contributed by atoms with Crippen molar-refractivity contribution in [1.29, 1.82) is 0 Å². The van der Waals surface area contributed by atoms with Gasteiger partial charge in [-0.2, -0.15) is 0 Å². The van der Waals surface area contributed by atoms with Gasteiger partial charge in [0.2, 0.25) is 0 Å². The fraction of sp³-hybridized carbons (Fsp3) is 0.222. The molecule has 0 saturated heterocycles. The number of aryl methyl sites for hydroxylation is 1. The number of hydrogen-bond donors (Lipinski definition) is 1. The van der Waals surface area contributed by atoms with Gasteiger partial charge in [-0.15, -0.1) is 0 Å². The summed E-state index contributed by atoms with van der Waals surface area (Å²) in [6.07, 6.45) is 1.13. The van der Waals surface area contributed by atoms with Gasteiger partial charge in [-0.1, -0.05) is 29.8 Å². The van der Waals surface area contributed by atoms with Gasteiger partial charge in [-0.3, -0.25) is 4.79 Å². The minimum atomic E-state index is -3.15. The molecule has 2 rings (SSSR count). The summed E-state index contributed by atoms with van der Waals surface area (Å²) in [4.78, 5) is 23.9. The van der Waals surface area contributed by atoms with E-state index < -0.39 is 28.3 Å². The highest BCUT2D eigenvalue weighted by Gasteiger charge is 2.12. The third-order valence-electron chi connectivity index (χ3n) is 3.43. The van der Waals surface area contributed by atoms with Gasteiger partial charge in [0.1, 0.15) is 0 Å². The Hall–Kier alpha value is -2.38. The van der Waals surface area contributed by atoms with Crippen molar-refractivity contribution in [1.82, 2.24) is 0 Å². The van der Waals surface area contributed by atoms with Gasteiger partial charge in [0.05, 0.1) is 11.3 Å². The van der Waals surface area contributed by atoms with Crippen LogP contribution in [0.3, 0.4) is 0 Å². The zero-order valence-electron chi connectivity index (χ0n) is 14.3. The van der Waals surface area contributed by atoms with Crippen LogP contribution in [0.25, 0.3) is 0 Å². The van der Waals surface area contributed by atoms with Crippen molar-refractivity contribution in [2.45, 2.75) is 12.7 Å². The molecule has 1 N–H and O–H groups in total. The number of hydrogen-bond acceptors (Lipinski definition) is 5. The Morgan fingerprint density at radius 1 is 1.12 bits per heavy atom. The average molecular weight is 396 g/mol. The normalized spacial score (nSPS) is 11.0. The second-order valence-corrected chi connectivity index (χ2v) is 8.43. The van der Waals surface area contributed by atoms with Crippen molar-refractivity contribution in [3.63, 3.8) is 0 Å². The topological polar surface area (TPSA) is 89.5 Å². The van der Waals surface area contributed by atoms with Crippen molar-refractivity contribution in [2.24, 2.45) is 0 Å². The Kier molecular flexibility index (Phi) is 6.39. The van der Waals surface area contributed by atoms with Crippen molar-refractivity contribution < 1.29 is 22.7 Å². The van der Waals surface area contributed by atoms with Gasteiger partial charge in [0, 0.05) is 17.0 Å². The smallest absolute Gasteiger partial charge is 0.338 e. The van der Waals surface area contributed by atoms with Gasteiger partial charge in [0.25, 0.3) is 5.91 Å². The third kappa shape index (κ3) is 6.16. The fourth-order valence-electron chi connectivity index (χ4n) is 2.17. The van der Waals surface area contributed by atoms with E-state index in [1.165, 1.54) is 24.3 Å². The SMILES string of the molecule is Cc1ccc(Cl)cc1NC(=O)COC(=O)c1ccc(CS(C)(=O)=O)cc1. The Labute approximate surface area is 157 Å². The molecule has 0 spiro atoms. The van der Waals surface area contributed by atoms with E-state index in [0.29, 0.717) is 16.3 Å². The van der Waals surface area contributed by atoms with E-state index in [-0.39, 0.29) is 11.3 Å². The highest BCUT2D eigenvalue weighted by Crippen LogP contribution is 2.20. The largest absolute Gasteiger partial charge is 0.452 e. The molecule has 0 aliphatic carbocycles. The summed E-state index contributed by atoms with van der Waals surface area (Å²) in [6.45, 7) is 1.37. The van der Waals surface area contributed by atoms with Gasteiger partial charge < -0.3 is 10.1 Å². The molecule has 138 valence electrons. The van der Waals surface area contributed by atoms with Crippen LogP contribution in [0.4, 0.5) is 5.69 Å². The monoisotopic (exact) mass is 395 g/mol. The lowest BCUT2D eigenvalue weighted by Gasteiger charge is -2.09. The van der Waals surface area contributed by atoms with Crippen molar-refractivity contribution in [3.05, 3.63) is 64.2 Å². The Morgan fingerprint density at radius 2 is 1.77 bits per heavy atom. The maximum Gasteiger partial charge on any atom is 0.338 e. The minimum absolute atomic E-state index is 0.107. The van der Waals surface area contributed by atoms with Crippen LogP contribution in [-0.4, -0.2) is 33.2 Å². The molecule has 0 heterocycles. The predicted molar refractivity (Wildman–Crippen MR) is 100 cm³/mol. The molecule has 2 aromatic rings. The summed E-state index contributed by atoms with van der Waals surface area (Å²) < 4.78 is 27.5. The number of anilines is 1. The summed E-state index contributed by atoms with van der Waals surface area (Å²) in [6, 6.07) is 11.1. The van der Waals surface area contributed by atoms with Crippen LogP contribution >= 0.6 is 11.6 Å². The first kappa shape index (κ1) is 19.9. The van der Waals surface area contributed by atoms with Crippen LogP contribution in [-0.2, 0) is 25.1 Å². The molecule has 0 aliphatic rings. The van der Waals surface area contributed by atoms with Crippen molar-refractivity contribution in [3.8, 4) is 0 Å². The van der Waals surface area contributed by atoms with E-state index in [0.717, 1.165) is 11.8 Å². The fourth-order valence-corrected chi connectivity index (χ4v) is 3.14. The number of nitrogens with one attached hydrogen (secondary N) is 1. The maximum atomic E-state index is 12.0. The number of ether oxygens (including phenoxy) is 1. The molecule has 0 aliphatic heterocycles. The van der Waals surface area contributed by atoms with Crippen LogP contribution < -0.4 is 5.32 Å². The lowest BCUT2D eigenvalue weighted by atomic mass is 10.1. The standard InChI is InChI=1S/C18H18ClNO5S/c1-12-3-8-15(19)9-16(12)20-17(21)10-25-18(22)14-6-4-13(5-7-14)11-26(2,23)24/h3-9H,10-11H2,1-2H3,(H,20,21). The van der Waals surface area contributed by atoms with Gasteiger partial charge >= 0.3 is 5.97 Å². The molecule has 0 saturated carbocycles. The number of rotatable bonds is 6. The molecule has 0 aromatic heterocycles. The number of carbonyl (C=O) groups is 2. The second kappa shape index (κ2) is 8.33. The van der Waals surface area contributed by atoms with Gasteiger partial charge in [-0.25, -0.2) is 13.2 Å². The Bertz CT molecular complexity index is 923. The summed E-state index contributed by atoms with van der Waals surface area (Å²) in [5, 5.41) is 3.11. The van der Waals surface area contributed by atoms with Gasteiger partial charge in [0.15, 0.2) is 16.4 Å². The van der Waals surface area contributed by atoms with Gasteiger partial charge in [-0.05, 0) is 42.3 Å². The number of esters is 1. The van der Waals surface area contributed by atoms with Crippen LogP contribution in [0.2, 0.25) is 5.02 Å². The molecule has 6 nitrogen and oxygen atoms in total. The zero-order valence-corrected chi connectivity index (χ0v) is 15.9. The minimum Gasteiger partial charge on any atom is -0.452 e. The maximum absolute atomic E-state index is 12.0. The molecule has 8 heteroatoms. The van der Waals surface area contributed by atoms with E-state index in [1.54, 1.807) is 18.2 Å². The third-order valence-corrected chi connectivity index (χ3v) is 4.52. The molecule has 26 heavy (non-hydrogen) atoms. The van der Waals surface area contributed by atoms with Crippen LogP contribution in [0.5, 0.6) is 0 Å². The first-order chi connectivity index (χ1) is 12.1. The number of carbonyl (C=O) groups excluding carboxylic acids is 2. The summed E-state index contributed by atoms with van der Waals surface area (Å²) in [5.74, 6) is -1.27. The van der Waals surface area contributed by atoms with Crippen LogP contribution in [0.1, 0.15) is 21.5 Å². The quantitative estimate of drug-likeness (QED) is 0.759. The first-order valence-electron chi connectivity index (χ1n) is 7.64. The zero-order chi connectivity index (χ0) is 19.3. The highest BCUT2D eigenvalue weighted by atomic mass is 35.5. The summed E-state index contributed by atoms with van der Waals surface area (Å²) in [7, 11) is -3.15. The van der Waals surface area contributed by atoms with Crippen molar-refractivity contribution in [2.75, 3.05) is 18.2 Å². The number of sulfone groups is 1. The molecular formula is C18H18ClNO5S. The second-order valence-electron chi connectivity index (χ2n) is 5.85. The molecule has 0 atom stereocenters. The predicted octanol–water partition coefficient (Wildman–Crippen LogP) is 2.99.